The van der Waals surface area contributed by atoms with Gasteiger partial charge in [-0.2, -0.15) is 0 Å². The van der Waals surface area contributed by atoms with Crippen LogP contribution in [-0.2, 0) is 14.3 Å². The van der Waals surface area contributed by atoms with E-state index in [1.807, 2.05) is 0 Å². The fourth-order valence-electron chi connectivity index (χ4n) is 9.34. The van der Waals surface area contributed by atoms with E-state index in [-0.39, 0.29) is 6.61 Å². The van der Waals surface area contributed by atoms with E-state index < -0.39 is 5.97 Å². The van der Waals surface area contributed by atoms with Crippen molar-refractivity contribution in [3.63, 3.8) is 0 Å². The Hall–Kier alpha value is -0.650. The topological polar surface area (TPSA) is 76.0 Å². The number of aliphatic hydroxyl groups is 1. The Morgan fingerprint density at radius 2 is 1.73 bits per heavy atom. The largest absolute Gasteiger partial charge is 0.481 e. The van der Waals surface area contributed by atoms with Crippen LogP contribution in [0.1, 0.15) is 91.4 Å². The highest BCUT2D eigenvalue weighted by Gasteiger charge is 2.60. The van der Waals surface area contributed by atoms with Crippen molar-refractivity contribution < 1.29 is 24.5 Å². The van der Waals surface area contributed by atoms with Crippen molar-refractivity contribution in [3.05, 3.63) is 0 Å². The SMILES string of the molecule is C[C@H](CCC(=O)O)[C@H]1CC[C@H]2[C@@H]3CCC4C[C@@H](OCCOCCO)CC[C@]4(C)[C@H]3CC[C@]12C. The molecule has 4 saturated carbocycles. The molecule has 0 aromatic carbocycles. The summed E-state index contributed by atoms with van der Waals surface area (Å²) in [5.74, 6) is 3.92. The lowest BCUT2D eigenvalue weighted by molar-refractivity contribution is -0.140. The molecule has 0 radical (unpaired) electrons. The predicted octanol–water partition coefficient (Wildman–Crippen LogP) is 5.54. The van der Waals surface area contributed by atoms with Gasteiger partial charge in [0.2, 0.25) is 0 Å². The molecule has 4 aliphatic carbocycles. The molecule has 0 bridgehead atoms. The zero-order valence-electron chi connectivity index (χ0n) is 21.3. The number of carboxylic acids is 1. The van der Waals surface area contributed by atoms with Crippen LogP contribution in [0.4, 0.5) is 0 Å². The van der Waals surface area contributed by atoms with E-state index in [9.17, 15) is 9.90 Å². The highest BCUT2D eigenvalue weighted by Crippen LogP contribution is 2.68. The smallest absolute Gasteiger partial charge is 0.303 e. The Balaban J connectivity index is 1.36. The number of aliphatic hydroxyl groups excluding tert-OH is 1. The maximum atomic E-state index is 11.1. The molecule has 5 heteroatoms. The Kier molecular flexibility index (Phi) is 8.12. The van der Waals surface area contributed by atoms with Gasteiger partial charge in [-0.25, -0.2) is 0 Å². The average molecular weight is 465 g/mol. The molecular formula is C28H48O5. The highest BCUT2D eigenvalue weighted by molar-refractivity contribution is 5.66. The number of carbonyl (C=O) groups is 1. The quantitative estimate of drug-likeness (QED) is 0.415. The lowest BCUT2D eigenvalue weighted by atomic mass is 9.44. The van der Waals surface area contributed by atoms with E-state index in [1.54, 1.807) is 0 Å². The van der Waals surface area contributed by atoms with Crippen LogP contribution < -0.4 is 0 Å². The van der Waals surface area contributed by atoms with Gasteiger partial charge in [-0.1, -0.05) is 20.8 Å². The van der Waals surface area contributed by atoms with E-state index >= 15 is 0 Å². The number of aliphatic carboxylic acids is 1. The van der Waals surface area contributed by atoms with E-state index in [0.717, 1.165) is 30.1 Å². The van der Waals surface area contributed by atoms with Gasteiger partial charge in [-0.05, 0) is 111 Å². The molecule has 190 valence electrons. The zero-order valence-corrected chi connectivity index (χ0v) is 21.3. The number of carboxylic acid groups (broad SMARTS) is 1. The van der Waals surface area contributed by atoms with Crippen molar-refractivity contribution in [1.82, 2.24) is 0 Å². The molecule has 4 aliphatic rings. The summed E-state index contributed by atoms with van der Waals surface area (Å²) < 4.78 is 11.5. The van der Waals surface area contributed by atoms with Gasteiger partial charge in [0.1, 0.15) is 0 Å². The third-order valence-corrected chi connectivity index (χ3v) is 11.0. The molecule has 0 aromatic rings. The van der Waals surface area contributed by atoms with E-state index in [1.165, 1.54) is 57.8 Å². The third kappa shape index (κ3) is 5.02. The summed E-state index contributed by atoms with van der Waals surface area (Å²) in [5.41, 5.74) is 0.877. The molecule has 2 N–H and O–H groups in total. The standard InChI is InChI=1S/C28H48O5/c1-19(4-9-26(30)31)23-7-8-24-22-6-5-20-18-21(33-17-16-32-15-14-29)10-12-27(20,2)25(22)11-13-28(23,24)3/h19-25,29H,4-18H2,1-3H3,(H,30,31)/t19-,20?,21+,22+,23-,24+,25+,27+,28-/m1/s1. The molecule has 0 spiro atoms. The summed E-state index contributed by atoms with van der Waals surface area (Å²) in [7, 11) is 0. The maximum absolute atomic E-state index is 11.1. The van der Waals surface area contributed by atoms with Gasteiger partial charge in [-0.15, -0.1) is 0 Å². The van der Waals surface area contributed by atoms with Crippen molar-refractivity contribution in [2.45, 2.75) is 97.5 Å². The Morgan fingerprint density at radius 3 is 2.48 bits per heavy atom. The van der Waals surface area contributed by atoms with E-state index in [2.05, 4.69) is 20.8 Å². The summed E-state index contributed by atoms with van der Waals surface area (Å²) in [6.07, 6.45) is 13.3. The second-order valence-electron chi connectivity index (χ2n) is 12.4. The monoisotopic (exact) mass is 464 g/mol. The van der Waals surface area contributed by atoms with Crippen LogP contribution in [0, 0.1) is 46.3 Å². The Labute approximate surface area is 201 Å². The molecule has 33 heavy (non-hydrogen) atoms. The number of hydrogen-bond acceptors (Lipinski definition) is 4. The fraction of sp³-hybridized carbons (Fsp3) is 0.964. The summed E-state index contributed by atoms with van der Waals surface area (Å²) in [6, 6.07) is 0. The van der Waals surface area contributed by atoms with Crippen LogP contribution in [-0.4, -0.2) is 48.7 Å². The van der Waals surface area contributed by atoms with Gasteiger partial charge >= 0.3 is 5.97 Å². The fourth-order valence-corrected chi connectivity index (χ4v) is 9.34. The van der Waals surface area contributed by atoms with Crippen molar-refractivity contribution in [1.29, 1.82) is 0 Å². The summed E-state index contributed by atoms with van der Waals surface area (Å²) in [4.78, 5) is 11.1. The minimum Gasteiger partial charge on any atom is -0.481 e. The van der Waals surface area contributed by atoms with Crippen LogP contribution in [0.3, 0.4) is 0 Å². The number of rotatable bonds is 10. The molecule has 4 fully saturated rings. The van der Waals surface area contributed by atoms with Crippen molar-refractivity contribution >= 4 is 5.97 Å². The lowest BCUT2D eigenvalue weighted by Gasteiger charge is -2.61. The molecule has 0 saturated heterocycles. The Bertz CT molecular complexity index is 667. The van der Waals surface area contributed by atoms with Crippen molar-refractivity contribution in [2.75, 3.05) is 26.4 Å². The summed E-state index contributed by atoms with van der Waals surface area (Å²) >= 11 is 0. The average Bonchev–Trinajstić information content (AvgIpc) is 3.14. The minimum absolute atomic E-state index is 0.0778. The second-order valence-corrected chi connectivity index (χ2v) is 12.4. The van der Waals surface area contributed by atoms with Gasteiger partial charge in [0, 0.05) is 6.42 Å². The van der Waals surface area contributed by atoms with Crippen molar-refractivity contribution in [3.8, 4) is 0 Å². The first-order chi connectivity index (χ1) is 15.8. The molecule has 9 atom stereocenters. The van der Waals surface area contributed by atoms with Crippen LogP contribution in [0.15, 0.2) is 0 Å². The molecule has 0 aliphatic heterocycles. The lowest BCUT2D eigenvalue weighted by Crippen LogP contribution is -2.54. The zero-order chi connectivity index (χ0) is 23.6. The molecule has 1 unspecified atom stereocenters. The predicted molar refractivity (Wildman–Crippen MR) is 129 cm³/mol. The Morgan fingerprint density at radius 1 is 0.970 bits per heavy atom. The third-order valence-electron chi connectivity index (χ3n) is 11.0. The normalized spacial score (nSPS) is 43.4. The van der Waals surface area contributed by atoms with Gasteiger partial charge in [-0.3, -0.25) is 4.79 Å². The van der Waals surface area contributed by atoms with Crippen LogP contribution >= 0.6 is 0 Å². The van der Waals surface area contributed by atoms with Crippen LogP contribution in [0.2, 0.25) is 0 Å². The molecular weight excluding hydrogens is 416 g/mol. The molecule has 4 rings (SSSR count). The molecule has 5 nitrogen and oxygen atoms in total. The van der Waals surface area contributed by atoms with Gasteiger partial charge in [0.25, 0.3) is 0 Å². The number of fused-ring (bicyclic) bond motifs is 5. The summed E-state index contributed by atoms with van der Waals surface area (Å²) in [5, 5.41) is 18.0. The van der Waals surface area contributed by atoms with E-state index in [4.69, 9.17) is 14.6 Å². The van der Waals surface area contributed by atoms with Crippen LogP contribution in [0.5, 0.6) is 0 Å². The minimum atomic E-state index is -0.645. The van der Waals surface area contributed by atoms with Crippen molar-refractivity contribution in [2.24, 2.45) is 46.3 Å². The van der Waals surface area contributed by atoms with Gasteiger partial charge in [0.15, 0.2) is 0 Å². The summed E-state index contributed by atoms with van der Waals surface area (Å²) in [6.45, 7) is 9.20. The first-order valence-electron chi connectivity index (χ1n) is 13.8. The molecule has 0 aromatic heterocycles. The molecule has 0 heterocycles. The maximum Gasteiger partial charge on any atom is 0.303 e. The van der Waals surface area contributed by atoms with Gasteiger partial charge in [0.05, 0.1) is 32.5 Å². The first-order valence-corrected chi connectivity index (χ1v) is 13.8. The second kappa shape index (κ2) is 10.5. The first kappa shape index (κ1) is 25.4. The van der Waals surface area contributed by atoms with Crippen LogP contribution in [0.25, 0.3) is 0 Å². The van der Waals surface area contributed by atoms with Gasteiger partial charge < -0.3 is 19.7 Å². The number of ether oxygens (including phenoxy) is 2. The highest BCUT2D eigenvalue weighted by atomic mass is 16.5. The van der Waals surface area contributed by atoms with E-state index in [0.29, 0.717) is 55.0 Å². The molecule has 0 amide bonds. The number of hydrogen-bond donors (Lipinski definition) is 2.